The van der Waals surface area contributed by atoms with Gasteiger partial charge in [0.05, 0.1) is 6.20 Å². The van der Waals surface area contributed by atoms with E-state index >= 15 is 0 Å². The fourth-order valence-corrected chi connectivity index (χ4v) is 1.94. The summed E-state index contributed by atoms with van der Waals surface area (Å²) in [6, 6.07) is 4.04. The van der Waals surface area contributed by atoms with E-state index in [0.717, 1.165) is 36.5 Å². The Kier molecular flexibility index (Phi) is 4.71. The average Bonchev–Trinajstić information content (AvgIpc) is 2.96. The van der Waals surface area contributed by atoms with Crippen molar-refractivity contribution in [1.82, 2.24) is 14.8 Å². The van der Waals surface area contributed by atoms with Gasteiger partial charge in [0.1, 0.15) is 0 Å². The van der Waals surface area contributed by atoms with Crippen molar-refractivity contribution in [2.75, 3.05) is 18.5 Å². The fourth-order valence-electron chi connectivity index (χ4n) is 1.94. The third-order valence-electron chi connectivity index (χ3n) is 3.14. The third-order valence-corrected chi connectivity index (χ3v) is 3.14. The molecule has 0 aliphatic rings. The largest absolute Gasteiger partial charge is 0.374 e. The molecule has 104 valence electrons. The molecule has 0 N–H and O–H groups in total. The first-order valence-electron chi connectivity index (χ1n) is 6.70. The van der Waals surface area contributed by atoms with Crippen molar-refractivity contribution in [3.05, 3.63) is 55.5 Å². The molecule has 0 aliphatic carbocycles. The Bertz CT molecular complexity index is 586. The predicted molar refractivity (Wildman–Crippen MR) is 84.2 cm³/mol. The van der Waals surface area contributed by atoms with E-state index in [-0.39, 0.29) is 0 Å². The monoisotopic (exact) mass is 268 g/mol. The van der Waals surface area contributed by atoms with Crippen LogP contribution in [-0.4, -0.2) is 28.4 Å². The molecule has 2 aromatic rings. The van der Waals surface area contributed by atoms with E-state index in [9.17, 15) is 0 Å². The van der Waals surface area contributed by atoms with Gasteiger partial charge in [-0.3, -0.25) is 0 Å². The van der Waals surface area contributed by atoms with Gasteiger partial charge < -0.3 is 4.90 Å². The van der Waals surface area contributed by atoms with Crippen LogP contribution in [0, 0.1) is 0 Å². The molecule has 2 heterocycles. The highest BCUT2D eigenvalue weighted by Crippen LogP contribution is 2.16. The summed E-state index contributed by atoms with van der Waals surface area (Å²) in [5.74, 6) is 0.811. The van der Waals surface area contributed by atoms with Crippen LogP contribution in [0.2, 0.25) is 0 Å². The van der Waals surface area contributed by atoms with Crippen molar-refractivity contribution in [1.29, 1.82) is 0 Å². The minimum atomic E-state index is 0.811. The lowest BCUT2D eigenvalue weighted by atomic mass is 10.2. The zero-order valence-corrected chi connectivity index (χ0v) is 11.9. The van der Waals surface area contributed by atoms with Gasteiger partial charge in [-0.2, -0.15) is 5.10 Å². The number of unbranched alkanes of at least 4 members (excludes halogenated alkanes) is 1. The van der Waals surface area contributed by atoms with Crippen molar-refractivity contribution < 1.29 is 0 Å². The molecule has 0 spiro atoms. The van der Waals surface area contributed by atoms with Crippen LogP contribution in [0.3, 0.4) is 0 Å². The summed E-state index contributed by atoms with van der Waals surface area (Å²) in [5, 5.41) is 4.28. The smallest absolute Gasteiger partial charge is 0.155 e. The van der Waals surface area contributed by atoms with Gasteiger partial charge in [-0.25, -0.2) is 9.67 Å². The van der Waals surface area contributed by atoms with Gasteiger partial charge in [0.2, 0.25) is 0 Å². The maximum absolute atomic E-state index is 4.36. The fraction of sp³-hybridized carbons (Fsp3) is 0.250. The zero-order chi connectivity index (χ0) is 14.4. The Morgan fingerprint density at radius 1 is 1.40 bits per heavy atom. The van der Waals surface area contributed by atoms with Crippen molar-refractivity contribution in [2.45, 2.75) is 12.8 Å². The second-order valence-corrected chi connectivity index (χ2v) is 4.65. The molecule has 0 amide bonds. The molecule has 4 heteroatoms. The maximum Gasteiger partial charge on any atom is 0.155 e. The number of hydrogen-bond donors (Lipinski definition) is 0. The Morgan fingerprint density at radius 2 is 2.25 bits per heavy atom. The molecule has 2 aromatic heterocycles. The number of pyridine rings is 1. The normalized spacial score (nSPS) is 10.2. The van der Waals surface area contributed by atoms with Crippen LogP contribution in [0.1, 0.15) is 18.4 Å². The lowest BCUT2D eigenvalue weighted by Gasteiger charge is -2.19. The molecule has 0 saturated heterocycles. The molecule has 4 nitrogen and oxygen atoms in total. The first-order valence-corrected chi connectivity index (χ1v) is 6.70. The molecular weight excluding hydrogens is 248 g/mol. The predicted octanol–water partition coefficient (Wildman–Crippen LogP) is 3.31. The topological polar surface area (TPSA) is 34.0 Å². The third kappa shape index (κ3) is 3.35. The van der Waals surface area contributed by atoms with Gasteiger partial charge in [-0.05, 0) is 18.9 Å². The molecule has 2 rings (SSSR count). The summed E-state index contributed by atoms with van der Waals surface area (Å²) in [5.41, 5.74) is 2.12. The minimum Gasteiger partial charge on any atom is -0.374 e. The van der Waals surface area contributed by atoms with Crippen LogP contribution in [-0.2, 0) is 0 Å². The van der Waals surface area contributed by atoms with Crippen LogP contribution in [0.25, 0.3) is 11.9 Å². The summed E-state index contributed by atoms with van der Waals surface area (Å²) < 4.78 is 1.76. The molecular formula is C16H20N4. The van der Waals surface area contributed by atoms with Gasteiger partial charge in [-0.15, -0.1) is 6.58 Å². The number of allylic oxidation sites excluding steroid dienone is 1. The van der Waals surface area contributed by atoms with Crippen molar-refractivity contribution in [3.63, 3.8) is 0 Å². The summed E-state index contributed by atoms with van der Waals surface area (Å²) in [4.78, 5) is 6.57. The van der Waals surface area contributed by atoms with Gasteiger partial charge >= 0.3 is 0 Å². The zero-order valence-electron chi connectivity index (χ0n) is 11.9. The first kappa shape index (κ1) is 14.1. The van der Waals surface area contributed by atoms with Crippen LogP contribution < -0.4 is 4.90 Å². The number of aromatic nitrogens is 3. The first-order chi connectivity index (χ1) is 9.74. The van der Waals surface area contributed by atoms with E-state index in [1.54, 1.807) is 17.0 Å². The van der Waals surface area contributed by atoms with Gasteiger partial charge in [0, 0.05) is 43.3 Å². The number of nitrogens with zero attached hydrogens (tertiary/aromatic N) is 4. The molecule has 0 bridgehead atoms. The van der Waals surface area contributed by atoms with Crippen molar-refractivity contribution in [3.8, 4) is 5.82 Å². The second-order valence-electron chi connectivity index (χ2n) is 4.65. The molecule has 0 saturated carbocycles. The summed E-state index contributed by atoms with van der Waals surface area (Å²) in [6.45, 7) is 8.47. The maximum atomic E-state index is 4.36. The van der Waals surface area contributed by atoms with E-state index in [0.29, 0.717) is 0 Å². The highest BCUT2D eigenvalue weighted by molar-refractivity contribution is 5.50. The van der Waals surface area contributed by atoms with Crippen LogP contribution in [0.15, 0.2) is 50.0 Å². The molecule has 0 unspecified atom stereocenters. The molecule has 20 heavy (non-hydrogen) atoms. The van der Waals surface area contributed by atoms with Crippen LogP contribution in [0.4, 0.5) is 5.69 Å². The highest BCUT2D eigenvalue weighted by Gasteiger charge is 2.05. The Morgan fingerprint density at radius 3 is 2.95 bits per heavy atom. The lowest BCUT2D eigenvalue weighted by Crippen LogP contribution is -2.18. The van der Waals surface area contributed by atoms with E-state index < -0.39 is 0 Å². The number of rotatable bonds is 7. The Balaban J connectivity index is 2.14. The van der Waals surface area contributed by atoms with Gasteiger partial charge in [0.25, 0.3) is 0 Å². The second kappa shape index (κ2) is 6.70. The van der Waals surface area contributed by atoms with Gasteiger partial charge in [-0.1, -0.05) is 18.7 Å². The standard InChI is InChI=1S/C16H20N4/c1-4-6-7-10-19(3)15-8-9-17-16(11-15)20-13-14(5-2)12-18-20/h4-5,8-9,11-13H,1-2,6-7,10H2,3H3. The minimum absolute atomic E-state index is 0.811. The Hall–Kier alpha value is -2.36. The SMILES string of the molecule is C=CCCCN(C)c1ccnc(-n2cc(C=C)cn2)c1. The Labute approximate surface area is 120 Å². The summed E-state index contributed by atoms with van der Waals surface area (Å²) in [7, 11) is 2.08. The van der Waals surface area contributed by atoms with E-state index in [2.05, 4.69) is 35.2 Å². The lowest BCUT2D eigenvalue weighted by molar-refractivity contribution is 0.796. The van der Waals surface area contributed by atoms with Crippen LogP contribution in [0.5, 0.6) is 0 Å². The molecule has 0 radical (unpaired) electrons. The average molecular weight is 268 g/mol. The van der Waals surface area contributed by atoms with E-state index in [1.807, 2.05) is 30.6 Å². The van der Waals surface area contributed by atoms with E-state index in [4.69, 9.17) is 0 Å². The van der Waals surface area contributed by atoms with Crippen LogP contribution >= 0.6 is 0 Å². The quantitative estimate of drug-likeness (QED) is 0.570. The van der Waals surface area contributed by atoms with E-state index in [1.165, 1.54) is 0 Å². The van der Waals surface area contributed by atoms with Gasteiger partial charge in [0.15, 0.2) is 5.82 Å². The van der Waals surface area contributed by atoms with Crippen molar-refractivity contribution >= 4 is 11.8 Å². The molecule has 0 aromatic carbocycles. The molecule has 0 fully saturated rings. The molecule has 0 aliphatic heterocycles. The highest BCUT2D eigenvalue weighted by atomic mass is 15.3. The molecule has 0 atom stereocenters. The summed E-state index contributed by atoms with van der Waals surface area (Å²) >= 11 is 0. The number of hydrogen-bond acceptors (Lipinski definition) is 3. The van der Waals surface area contributed by atoms with Crippen molar-refractivity contribution in [2.24, 2.45) is 0 Å². The summed E-state index contributed by atoms with van der Waals surface area (Å²) in [6.07, 6.45) is 11.3. The number of anilines is 1.